The third-order valence-corrected chi connectivity index (χ3v) is 5.76. The van der Waals surface area contributed by atoms with E-state index in [1.807, 2.05) is 35.5 Å². The maximum absolute atomic E-state index is 12.9. The molecule has 1 aromatic carbocycles. The first kappa shape index (κ1) is 24.2. The second kappa shape index (κ2) is 10.9. The van der Waals surface area contributed by atoms with Crippen molar-refractivity contribution < 1.29 is 19.3 Å². The average Bonchev–Trinajstić information content (AvgIpc) is 3.17. The van der Waals surface area contributed by atoms with Gasteiger partial charge in [0.25, 0.3) is 5.56 Å². The van der Waals surface area contributed by atoms with Crippen molar-refractivity contribution >= 4 is 21.6 Å². The van der Waals surface area contributed by atoms with E-state index in [0.717, 1.165) is 11.1 Å². The van der Waals surface area contributed by atoms with E-state index >= 15 is 0 Å². The number of hydrogen-bond donors (Lipinski definition) is 2. The molecular formula is C23H31N3O5S. The van der Waals surface area contributed by atoms with Gasteiger partial charge in [0.15, 0.2) is 11.5 Å². The number of aliphatic hydroxyl groups excluding tert-OH is 1. The van der Waals surface area contributed by atoms with Crippen LogP contribution in [0.1, 0.15) is 19.7 Å². The van der Waals surface area contributed by atoms with Crippen molar-refractivity contribution in [3.05, 3.63) is 39.8 Å². The Morgan fingerprint density at radius 1 is 1.19 bits per heavy atom. The van der Waals surface area contributed by atoms with Gasteiger partial charge >= 0.3 is 0 Å². The number of aromatic nitrogens is 2. The number of rotatable bonds is 11. The lowest BCUT2D eigenvalue weighted by molar-refractivity contribution is 0.0106. The summed E-state index contributed by atoms with van der Waals surface area (Å²) in [6, 6.07) is 5.57. The van der Waals surface area contributed by atoms with Crippen LogP contribution in [0.25, 0.3) is 21.3 Å². The van der Waals surface area contributed by atoms with Crippen molar-refractivity contribution in [2.45, 2.75) is 26.5 Å². The van der Waals surface area contributed by atoms with E-state index in [4.69, 9.17) is 14.2 Å². The number of nitrogens with one attached hydrogen (secondary N) is 1. The lowest BCUT2D eigenvalue weighted by atomic mass is 10.1. The van der Waals surface area contributed by atoms with Gasteiger partial charge in [-0.1, -0.05) is 19.9 Å². The van der Waals surface area contributed by atoms with Crippen LogP contribution in [0.3, 0.4) is 0 Å². The predicted octanol–water partition coefficient (Wildman–Crippen LogP) is 3.13. The zero-order chi connectivity index (χ0) is 23.3. The number of hydrogen-bond acceptors (Lipinski definition) is 8. The minimum Gasteiger partial charge on any atom is -0.493 e. The van der Waals surface area contributed by atoms with E-state index in [0.29, 0.717) is 53.2 Å². The molecule has 0 radical (unpaired) electrons. The van der Waals surface area contributed by atoms with E-state index in [2.05, 4.69) is 23.8 Å². The molecule has 174 valence electrons. The summed E-state index contributed by atoms with van der Waals surface area (Å²) >= 11 is 1.42. The van der Waals surface area contributed by atoms with Gasteiger partial charge in [-0.15, -0.1) is 11.3 Å². The van der Waals surface area contributed by atoms with E-state index < -0.39 is 6.10 Å². The van der Waals surface area contributed by atoms with Crippen LogP contribution in [-0.4, -0.2) is 67.1 Å². The molecule has 0 saturated heterocycles. The van der Waals surface area contributed by atoms with Gasteiger partial charge in [-0.25, -0.2) is 4.98 Å². The molecule has 9 heteroatoms. The lowest BCUT2D eigenvalue weighted by Gasteiger charge is -2.20. The van der Waals surface area contributed by atoms with E-state index in [1.165, 1.54) is 11.3 Å². The van der Waals surface area contributed by atoms with Gasteiger partial charge in [0.1, 0.15) is 10.7 Å². The summed E-state index contributed by atoms with van der Waals surface area (Å²) in [5.74, 6) is 2.21. The van der Waals surface area contributed by atoms with Crippen molar-refractivity contribution in [3.8, 4) is 22.6 Å². The van der Waals surface area contributed by atoms with Crippen molar-refractivity contribution in [2.75, 3.05) is 41.0 Å². The number of aromatic amines is 1. The van der Waals surface area contributed by atoms with Gasteiger partial charge < -0.3 is 24.3 Å². The van der Waals surface area contributed by atoms with E-state index in [9.17, 15) is 9.90 Å². The molecule has 1 unspecified atom stereocenters. The van der Waals surface area contributed by atoms with Crippen LogP contribution < -0.4 is 15.0 Å². The fourth-order valence-corrected chi connectivity index (χ4v) is 4.42. The van der Waals surface area contributed by atoms with Crippen LogP contribution in [0, 0.1) is 5.92 Å². The highest BCUT2D eigenvalue weighted by Gasteiger charge is 2.16. The van der Waals surface area contributed by atoms with Crippen LogP contribution in [0.15, 0.2) is 28.4 Å². The Balaban J connectivity index is 1.75. The van der Waals surface area contributed by atoms with Crippen LogP contribution in [-0.2, 0) is 11.3 Å². The van der Waals surface area contributed by atoms with Gasteiger partial charge in [-0.2, -0.15) is 0 Å². The Kier molecular flexibility index (Phi) is 8.25. The monoisotopic (exact) mass is 461 g/mol. The summed E-state index contributed by atoms with van der Waals surface area (Å²) in [5, 5.41) is 12.6. The van der Waals surface area contributed by atoms with Gasteiger partial charge in [-0.05, 0) is 30.7 Å². The summed E-state index contributed by atoms with van der Waals surface area (Å²) < 4.78 is 16.2. The summed E-state index contributed by atoms with van der Waals surface area (Å²) in [6.07, 6.45) is -0.604. The summed E-state index contributed by atoms with van der Waals surface area (Å²) in [6.45, 7) is 5.87. The smallest absolute Gasteiger partial charge is 0.260 e. The van der Waals surface area contributed by atoms with Gasteiger partial charge in [-0.3, -0.25) is 9.69 Å². The Morgan fingerprint density at radius 2 is 1.94 bits per heavy atom. The Morgan fingerprint density at radius 3 is 2.62 bits per heavy atom. The molecule has 3 rings (SSSR count). The number of benzene rings is 1. The number of fused-ring (bicyclic) bond motifs is 1. The minimum atomic E-state index is -0.604. The summed E-state index contributed by atoms with van der Waals surface area (Å²) in [7, 11) is 5.04. The van der Waals surface area contributed by atoms with Crippen molar-refractivity contribution in [2.24, 2.45) is 5.92 Å². The molecule has 2 aromatic heterocycles. The number of methoxy groups -OCH3 is 2. The maximum atomic E-state index is 12.9. The first-order valence-corrected chi connectivity index (χ1v) is 11.4. The fourth-order valence-electron chi connectivity index (χ4n) is 3.46. The highest BCUT2D eigenvalue weighted by molar-refractivity contribution is 7.17. The van der Waals surface area contributed by atoms with E-state index in [-0.39, 0.29) is 12.2 Å². The van der Waals surface area contributed by atoms with E-state index in [1.54, 1.807) is 14.2 Å². The first-order chi connectivity index (χ1) is 15.3. The number of H-pyrrole nitrogens is 1. The average molecular weight is 462 g/mol. The Hall–Kier alpha value is -2.46. The largest absolute Gasteiger partial charge is 0.493 e. The molecule has 0 aliphatic carbocycles. The number of nitrogens with zero attached hydrogens (tertiary/aromatic N) is 2. The molecule has 1 atom stereocenters. The molecule has 0 aliphatic heterocycles. The summed E-state index contributed by atoms with van der Waals surface area (Å²) in [4.78, 5) is 23.0. The molecule has 0 aliphatic rings. The van der Waals surface area contributed by atoms with Gasteiger partial charge in [0.05, 0.1) is 38.9 Å². The number of aliphatic hydroxyl groups is 1. The molecule has 0 amide bonds. The maximum Gasteiger partial charge on any atom is 0.260 e. The normalized spacial score (nSPS) is 12.6. The quantitative estimate of drug-likeness (QED) is 0.453. The molecule has 0 spiro atoms. The standard InChI is InChI=1S/C23H31N3O5S/c1-14(2)11-31-12-16(27)9-26(3)10-20-24-22(28)21-17(13-32-23(21)25-20)15-6-7-18(29-4)19(8-15)30-5/h6-8,13-14,16,27H,9-12H2,1-5H3,(H,24,25,28). The minimum absolute atomic E-state index is 0.190. The predicted molar refractivity (Wildman–Crippen MR) is 127 cm³/mol. The Labute approximate surface area is 191 Å². The number of likely N-dealkylation sites (N-methyl/N-ethyl adjacent to an activating group) is 1. The van der Waals surface area contributed by atoms with Gasteiger partial charge in [0.2, 0.25) is 0 Å². The van der Waals surface area contributed by atoms with Crippen LogP contribution in [0.2, 0.25) is 0 Å². The topological polar surface area (TPSA) is 96.9 Å². The second-order valence-corrected chi connectivity index (χ2v) is 9.05. The van der Waals surface area contributed by atoms with Gasteiger partial charge in [0, 0.05) is 24.1 Å². The molecule has 2 heterocycles. The SMILES string of the molecule is COc1ccc(-c2csc3nc(CN(C)CC(O)COCC(C)C)[nH]c(=O)c23)cc1OC. The molecule has 8 nitrogen and oxygen atoms in total. The number of ether oxygens (including phenoxy) is 3. The third kappa shape index (κ3) is 5.86. The highest BCUT2D eigenvalue weighted by atomic mass is 32.1. The molecular weight excluding hydrogens is 430 g/mol. The third-order valence-electron chi connectivity index (χ3n) is 4.89. The molecule has 32 heavy (non-hydrogen) atoms. The van der Waals surface area contributed by atoms with Crippen molar-refractivity contribution in [3.63, 3.8) is 0 Å². The zero-order valence-corrected chi connectivity index (χ0v) is 20.0. The fraction of sp³-hybridized carbons (Fsp3) is 0.478. The van der Waals surface area contributed by atoms with Crippen LogP contribution >= 0.6 is 11.3 Å². The lowest BCUT2D eigenvalue weighted by Crippen LogP contribution is -2.33. The van der Waals surface area contributed by atoms with Crippen LogP contribution in [0.5, 0.6) is 11.5 Å². The first-order valence-electron chi connectivity index (χ1n) is 10.5. The molecule has 3 aromatic rings. The van der Waals surface area contributed by atoms with Crippen LogP contribution in [0.4, 0.5) is 0 Å². The Bertz CT molecular complexity index is 1090. The zero-order valence-electron chi connectivity index (χ0n) is 19.2. The van der Waals surface area contributed by atoms with Crippen molar-refractivity contribution in [1.82, 2.24) is 14.9 Å². The molecule has 0 bridgehead atoms. The second-order valence-electron chi connectivity index (χ2n) is 8.19. The highest BCUT2D eigenvalue weighted by Crippen LogP contribution is 2.36. The van der Waals surface area contributed by atoms with Crippen molar-refractivity contribution in [1.29, 1.82) is 0 Å². The molecule has 2 N–H and O–H groups in total. The molecule has 0 saturated carbocycles. The summed E-state index contributed by atoms with van der Waals surface area (Å²) in [5.41, 5.74) is 1.47. The molecule has 0 fully saturated rings. The number of thiophene rings is 1.